The van der Waals surface area contributed by atoms with Crippen molar-refractivity contribution in [2.75, 3.05) is 26.6 Å². The summed E-state index contributed by atoms with van der Waals surface area (Å²) in [7, 11) is 0. The zero-order valence-corrected chi connectivity index (χ0v) is 28.3. The highest BCUT2D eigenvalue weighted by atomic mass is 16.7. The van der Waals surface area contributed by atoms with Gasteiger partial charge in [0.15, 0.2) is 11.5 Å². The molecule has 6 rings (SSSR count). The van der Waals surface area contributed by atoms with Crippen molar-refractivity contribution in [3.8, 4) is 11.5 Å². The van der Waals surface area contributed by atoms with E-state index in [1.54, 1.807) is 32.9 Å². The number of nitrogens with one attached hydrogen (secondary N) is 4. The zero-order chi connectivity index (χ0) is 34.9. The standard InChI is InChI=1S/C34H45N5O10/c1-5-6-22(27(40)30(42)35-20-8-9-20)36-29(41)24-15-34(14-23(38-49-34)19-7-10-25-26(13-19)47-18-46-25)17-39(24)31(43)28(33(2,3)4)37-32(44)48-21-11-12-45-16-21/h7,10,13-14,20-22,24,28,38H,5-6,8-9,11-12,15-18H2,1-4H3,(H,35,42)(H,36,41)(H,37,44)/t21-,22-,24-,28+,34-/m0/s1. The van der Waals surface area contributed by atoms with Crippen molar-refractivity contribution in [2.24, 2.45) is 5.41 Å². The first kappa shape index (κ1) is 34.5. The van der Waals surface area contributed by atoms with Gasteiger partial charge in [0, 0.05) is 24.4 Å². The number of fused-ring (bicyclic) bond motifs is 1. The highest BCUT2D eigenvalue weighted by Crippen LogP contribution is 2.41. The molecular weight excluding hydrogens is 638 g/mol. The van der Waals surface area contributed by atoms with Crippen molar-refractivity contribution in [2.45, 2.75) is 102 Å². The fourth-order valence-corrected chi connectivity index (χ4v) is 6.42. The fraction of sp³-hybridized carbons (Fsp3) is 0.618. The molecule has 3 fully saturated rings. The van der Waals surface area contributed by atoms with E-state index in [1.807, 2.05) is 19.1 Å². The lowest BCUT2D eigenvalue weighted by Crippen LogP contribution is -2.59. The summed E-state index contributed by atoms with van der Waals surface area (Å²) in [6, 6.07) is 2.14. The third kappa shape index (κ3) is 7.77. The zero-order valence-electron chi connectivity index (χ0n) is 28.3. The number of Topliss-reactive ketones (excluding diaryl/α,β-unsaturated/α-hetero) is 1. The van der Waals surface area contributed by atoms with Gasteiger partial charge in [0.1, 0.15) is 23.8 Å². The fourth-order valence-electron chi connectivity index (χ4n) is 6.42. The third-order valence-electron chi connectivity index (χ3n) is 9.28. The first-order valence-electron chi connectivity index (χ1n) is 16.9. The maximum absolute atomic E-state index is 14.5. The molecule has 1 saturated carbocycles. The Kier molecular flexibility index (Phi) is 9.76. The van der Waals surface area contributed by atoms with E-state index in [9.17, 15) is 24.0 Å². The van der Waals surface area contributed by atoms with E-state index in [-0.39, 0.29) is 38.8 Å². The van der Waals surface area contributed by atoms with Crippen LogP contribution in [0.1, 0.15) is 71.8 Å². The molecule has 4 N–H and O–H groups in total. The Hall–Kier alpha value is -4.37. The maximum atomic E-state index is 14.5. The van der Waals surface area contributed by atoms with E-state index >= 15 is 0 Å². The number of hydrogen-bond acceptors (Lipinski definition) is 11. The van der Waals surface area contributed by atoms with Gasteiger partial charge in [-0.05, 0) is 49.0 Å². The number of amides is 4. The van der Waals surface area contributed by atoms with Crippen molar-refractivity contribution in [3.05, 3.63) is 29.8 Å². The monoisotopic (exact) mass is 683 g/mol. The number of hydrogen-bond donors (Lipinski definition) is 4. The molecule has 4 heterocycles. The molecule has 1 aromatic carbocycles. The minimum atomic E-state index is -1.14. The second-order valence-corrected chi connectivity index (χ2v) is 14.4. The van der Waals surface area contributed by atoms with Gasteiger partial charge in [-0.25, -0.2) is 4.79 Å². The molecule has 0 unspecified atom stereocenters. The van der Waals surface area contributed by atoms with Crippen molar-refractivity contribution in [1.29, 1.82) is 0 Å². The molecule has 4 amide bonds. The Balaban J connectivity index is 1.26. The number of alkyl carbamates (subject to hydrolysis) is 1. The van der Waals surface area contributed by atoms with Gasteiger partial charge in [0.25, 0.3) is 5.91 Å². The summed E-state index contributed by atoms with van der Waals surface area (Å²) in [5, 5.41) is 8.19. The van der Waals surface area contributed by atoms with Crippen LogP contribution < -0.4 is 30.9 Å². The first-order chi connectivity index (χ1) is 23.4. The number of nitrogens with zero attached hydrogens (tertiary/aromatic N) is 1. The number of ether oxygens (including phenoxy) is 4. The lowest BCUT2D eigenvalue weighted by atomic mass is 9.85. The maximum Gasteiger partial charge on any atom is 0.408 e. The molecule has 2 saturated heterocycles. The normalized spacial score (nSPS) is 25.3. The second-order valence-electron chi connectivity index (χ2n) is 14.4. The van der Waals surface area contributed by atoms with Crippen molar-refractivity contribution >= 4 is 35.3 Å². The number of carbonyl (C=O) groups is 5. The van der Waals surface area contributed by atoms with Crippen LogP contribution in [0.4, 0.5) is 4.79 Å². The molecule has 266 valence electrons. The van der Waals surface area contributed by atoms with E-state index in [0.29, 0.717) is 36.6 Å². The van der Waals surface area contributed by atoms with E-state index in [4.69, 9.17) is 23.8 Å². The molecular formula is C34H45N5O10. The van der Waals surface area contributed by atoms with Gasteiger partial charge >= 0.3 is 6.09 Å². The average Bonchev–Trinajstić information content (AvgIpc) is 3.48. The topological polar surface area (TPSA) is 183 Å². The Morgan fingerprint density at radius 2 is 1.86 bits per heavy atom. The van der Waals surface area contributed by atoms with Crippen LogP contribution in [-0.4, -0.2) is 96.9 Å². The van der Waals surface area contributed by atoms with Crippen LogP contribution in [0.3, 0.4) is 0 Å². The summed E-state index contributed by atoms with van der Waals surface area (Å²) in [6.07, 6.45) is 3.61. The molecule has 0 radical (unpaired) electrons. The van der Waals surface area contributed by atoms with Crippen molar-refractivity contribution in [1.82, 2.24) is 26.3 Å². The molecule has 15 heteroatoms. The van der Waals surface area contributed by atoms with Gasteiger partial charge in [-0.1, -0.05) is 34.1 Å². The van der Waals surface area contributed by atoms with Crippen LogP contribution in [-0.2, 0) is 33.5 Å². The third-order valence-corrected chi connectivity index (χ3v) is 9.28. The molecule has 0 aromatic heterocycles. The lowest BCUT2D eigenvalue weighted by Gasteiger charge is -2.35. The number of carbonyl (C=O) groups excluding carboxylic acids is 5. The predicted molar refractivity (Wildman–Crippen MR) is 173 cm³/mol. The van der Waals surface area contributed by atoms with Crippen LogP contribution >= 0.6 is 0 Å². The highest BCUT2D eigenvalue weighted by molar-refractivity contribution is 6.38. The largest absolute Gasteiger partial charge is 0.454 e. The van der Waals surface area contributed by atoms with Gasteiger partial charge in [-0.15, -0.1) is 0 Å². The highest BCUT2D eigenvalue weighted by Gasteiger charge is 2.54. The summed E-state index contributed by atoms with van der Waals surface area (Å²) >= 11 is 0. The Labute approximate surface area is 284 Å². The van der Waals surface area contributed by atoms with E-state index in [2.05, 4.69) is 21.4 Å². The van der Waals surface area contributed by atoms with E-state index in [0.717, 1.165) is 18.4 Å². The number of benzene rings is 1. The van der Waals surface area contributed by atoms with Crippen LogP contribution in [0.2, 0.25) is 0 Å². The minimum absolute atomic E-state index is 0.0234. The van der Waals surface area contributed by atoms with Gasteiger partial charge in [0.2, 0.25) is 24.4 Å². The Morgan fingerprint density at radius 1 is 1.08 bits per heavy atom. The van der Waals surface area contributed by atoms with Gasteiger partial charge in [-0.2, -0.15) is 0 Å². The molecule has 5 aliphatic rings. The molecule has 49 heavy (non-hydrogen) atoms. The molecule has 5 atom stereocenters. The summed E-state index contributed by atoms with van der Waals surface area (Å²) in [6.45, 7) is 8.08. The van der Waals surface area contributed by atoms with E-state index in [1.165, 1.54) is 4.90 Å². The predicted octanol–water partition coefficient (Wildman–Crippen LogP) is 1.69. The van der Waals surface area contributed by atoms with Crippen LogP contribution in [0.25, 0.3) is 5.70 Å². The smallest absolute Gasteiger partial charge is 0.408 e. The Morgan fingerprint density at radius 3 is 2.55 bits per heavy atom. The Bertz CT molecular complexity index is 1510. The summed E-state index contributed by atoms with van der Waals surface area (Å²) in [5.41, 5.74) is 2.38. The van der Waals surface area contributed by atoms with Crippen molar-refractivity contribution < 1.29 is 47.8 Å². The van der Waals surface area contributed by atoms with Crippen LogP contribution in [0.5, 0.6) is 11.5 Å². The molecule has 0 bridgehead atoms. The molecule has 15 nitrogen and oxygen atoms in total. The summed E-state index contributed by atoms with van der Waals surface area (Å²) in [4.78, 5) is 74.9. The SMILES string of the molecule is CCC[C@H](NC(=O)[C@@H]1C[C@@]2(C=C(c3ccc4c(c3)OCO4)NO2)CN1C(=O)[C@@H](NC(=O)O[C@H]1CCOC1)C(C)(C)C)C(=O)C(=O)NC1CC1. The second kappa shape index (κ2) is 13.9. The van der Waals surface area contributed by atoms with E-state index < -0.39 is 64.8 Å². The summed E-state index contributed by atoms with van der Waals surface area (Å²) < 4.78 is 21.8. The summed E-state index contributed by atoms with van der Waals surface area (Å²) in [5.74, 6) is -1.40. The lowest BCUT2D eigenvalue weighted by molar-refractivity contribution is -0.144. The number of rotatable bonds is 11. The quantitative estimate of drug-likeness (QED) is 0.249. The molecule has 4 aliphatic heterocycles. The van der Waals surface area contributed by atoms with Gasteiger partial charge < -0.3 is 39.8 Å². The van der Waals surface area contributed by atoms with Crippen LogP contribution in [0, 0.1) is 5.41 Å². The number of likely N-dealkylation sites (tertiary alicyclic amines) is 1. The average molecular weight is 684 g/mol. The van der Waals surface area contributed by atoms with Gasteiger partial charge in [0.05, 0.1) is 31.5 Å². The molecule has 1 spiro atoms. The number of ketones is 1. The van der Waals surface area contributed by atoms with Gasteiger partial charge in [-0.3, -0.25) is 29.5 Å². The molecule has 1 aliphatic carbocycles. The number of hydroxylamine groups is 1. The molecule has 1 aromatic rings. The first-order valence-corrected chi connectivity index (χ1v) is 16.9. The van der Waals surface area contributed by atoms with Crippen molar-refractivity contribution in [3.63, 3.8) is 0 Å². The van der Waals surface area contributed by atoms with Crippen LogP contribution in [0.15, 0.2) is 24.3 Å². The minimum Gasteiger partial charge on any atom is -0.454 e.